The number of carbonyl (C=O) groups excluding carboxylic acids is 1. The summed E-state index contributed by atoms with van der Waals surface area (Å²) in [7, 11) is 0. The average Bonchev–Trinajstić information content (AvgIpc) is 3.28. The number of furan rings is 1. The number of amides is 1. The van der Waals surface area contributed by atoms with Crippen LogP contribution < -0.4 is 0 Å². The minimum Gasteiger partial charge on any atom is -0.467 e. The fourth-order valence-corrected chi connectivity index (χ4v) is 4.25. The number of carbonyl (C=O) groups is 1. The molecule has 1 saturated carbocycles. The molecule has 0 aliphatic heterocycles. The number of hydrogen-bond acceptors (Lipinski definition) is 5. The number of nitrogens with zero attached hydrogens (tertiary/aromatic N) is 4. The van der Waals surface area contributed by atoms with Gasteiger partial charge in [0.1, 0.15) is 11.6 Å². The lowest BCUT2D eigenvalue weighted by Gasteiger charge is -2.36. The smallest absolute Gasteiger partial charge is 0.233 e. The third-order valence-electron chi connectivity index (χ3n) is 5.20. The molecule has 2 aromatic heterocycles. The normalized spacial score (nSPS) is 14.1. The van der Waals surface area contributed by atoms with Crippen molar-refractivity contribution in [3.8, 4) is 0 Å². The third-order valence-corrected chi connectivity index (χ3v) is 6.15. The van der Waals surface area contributed by atoms with Gasteiger partial charge >= 0.3 is 0 Å². The zero-order valence-corrected chi connectivity index (χ0v) is 18.6. The zero-order valence-electron chi connectivity index (χ0n) is 17.7. The Kier molecular flexibility index (Phi) is 5.99. The van der Waals surface area contributed by atoms with Crippen LogP contribution in [-0.2, 0) is 17.9 Å². The van der Waals surface area contributed by atoms with E-state index in [9.17, 15) is 4.79 Å². The van der Waals surface area contributed by atoms with Crippen LogP contribution >= 0.6 is 11.8 Å². The van der Waals surface area contributed by atoms with Gasteiger partial charge in [-0.15, -0.1) is 10.2 Å². The van der Waals surface area contributed by atoms with Crippen LogP contribution in [-0.4, -0.2) is 36.9 Å². The van der Waals surface area contributed by atoms with Crippen molar-refractivity contribution in [1.82, 2.24) is 19.7 Å². The molecular weight excluding hydrogens is 396 g/mol. The highest BCUT2D eigenvalue weighted by molar-refractivity contribution is 7.99. The minimum atomic E-state index is -0.269. The number of thioether (sulfide) groups is 1. The summed E-state index contributed by atoms with van der Waals surface area (Å²) in [6.07, 6.45) is 3.97. The lowest BCUT2D eigenvalue weighted by atomic mass is 10.0. The largest absolute Gasteiger partial charge is 0.467 e. The van der Waals surface area contributed by atoms with Crippen molar-refractivity contribution in [2.24, 2.45) is 0 Å². The number of hydrogen-bond donors (Lipinski definition) is 0. The standard InChI is InChI=1S/C23H28N4O2S/c1-23(2,3)27(14-17-8-5-4-6-9-17)20(28)16-30-22-25-24-21(18-11-12-18)26(22)15-19-10-7-13-29-19/h4-10,13,18H,11-12,14-16H2,1-3H3. The summed E-state index contributed by atoms with van der Waals surface area (Å²) in [6, 6.07) is 14.0. The average molecular weight is 425 g/mol. The second-order valence-electron chi connectivity index (χ2n) is 8.71. The van der Waals surface area contributed by atoms with Crippen LogP contribution in [0.1, 0.15) is 56.7 Å². The quantitative estimate of drug-likeness (QED) is 0.490. The molecular formula is C23H28N4O2S. The molecule has 2 heterocycles. The van der Waals surface area contributed by atoms with Crippen molar-refractivity contribution in [2.45, 2.75) is 63.3 Å². The molecule has 1 aliphatic rings. The molecule has 0 spiro atoms. The van der Waals surface area contributed by atoms with Crippen molar-refractivity contribution >= 4 is 17.7 Å². The molecule has 1 aromatic carbocycles. The molecule has 0 N–H and O–H groups in total. The maximum atomic E-state index is 13.2. The van der Waals surface area contributed by atoms with E-state index < -0.39 is 0 Å². The van der Waals surface area contributed by atoms with E-state index in [1.807, 2.05) is 35.2 Å². The summed E-state index contributed by atoms with van der Waals surface area (Å²) >= 11 is 1.45. The van der Waals surface area contributed by atoms with Gasteiger partial charge in [0.15, 0.2) is 5.16 Å². The maximum absolute atomic E-state index is 13.2. The summed E-state index contributed by atoms with van der Waals surface area (Å²) in [5.41, 5.74) is 0.858. The minimum absolute atomic E-state index is 0.0943. The zero-order chi connectivity index (χ0) is 21.1. The number of aromatic nitrogens is 3. The van der Waals surface area contributed by atoms with Gasteiger partial charge in [-0.2, -0.15) is 0 Å². The van der Waals surface area contributed by atoms with Crippen LogP contribution in [0, 0.1) is 0 Å². The van der Waals surface area contributed by atoms with Crippen LogP contribution in [0.3, 0.4) is 0 Å². The van der Waals surface area contributed by atoms with E-state index in [-0.39, 0.29) is 11.4 Å². The second kappa shape index (κ2) is 8.68. The van der Waals surface area contributed by atoms with E-state index in [1.165, 1.54) is 11.8 Å². The van der Waals surface area contributed by atoms with Gasteiger partial charge in [0.2, 0.25) is 5.91 Å². The van der Waals surface area contributed by atoms with Crippen molar-refractivity contribution in [3.63, 3.8) is 0 Å². The fraction of sp³-hybridized carbons (Fsp3) is 0.435. The van der Waals surface area contributed by atoms with E-state index in [4.69, 9.17) is 4.42 Å². The van der Waals surface area contributed by atoms with Crippen LogP contribution in [0.5, 0.6) is 0 Å². The van der Waals surface area contributed by atoms with Crippen molar-refractivity contribution in [2.75, 3.05) is 5.75 Å². The summed E-state index contributed by atoms with van der Waals surface area (Å²) < 4.78 is 7.64. The molecule has 6 nitrogen and oxygen atoms in total. The Morgan fingerprint density at radius 2 is 1.93 bits per heavy atom. The highest BCUT2D eigenvalue weighted by Crippen LogP contribution is 2.40. The first-order valence-corrected chi connectivity index (χ1v) is 11.3. The molecule has 1 amide bonds. The van der Waals surface area contributed by atoms with E-state index in [0.29, 0.717) is 24.8 Å². The van der Waals surface area contributed by atoms with E-state index in [1.54, 1.807) is 6.26 Å². The molecule has 4 rings (SSSR count). The molecule has 7 heteroatoms. The summed E-state index contributed by atoms with van der Waals surface area (Å²) in [5.74, 6) is 2.76. The predicted octanol–water partition coefficient (Wildman–Crippen LogP) is 4.72. The van der Waals surface area contributed by atoms with Crippen LogP contribution in [0.2, 0.25) is 0 Å². The van der Waals surface area contributed by atoms with Crippen molar-refractivity contribution in [1.29, 1.82) is 0 Å². The van der Waals surface area contributed by atoms with Gasteiger partial charge in [0.25, 0.3) is 0 Å². The summed E-state index contributed by atoms with van der Waals surface area (Å²) in [4.78, 5) is 15.1. The maximum Gasteiger partial charge on any atom is 0.233 e. The van der Waals surface area contributed by atoms with E-state index >= 15 is 0 Å². The molecule has 3 aromatic rings. The third kappa shape index (κ3) is 4.95. The van der Waals surface area contributed by atoms with Crippen LogP contribution in [0.4, 0.5) is 0 Å². The van der Waals surface area contributed by atoms with E-state index in [0.717, 1.165) is 35.1 Å². The van der Waals surface area contributed by atoms with E-state index in [2.05, 4.69) is 47.7 Å². The monoisotopic (exact) mass is 424 g/mol. The molecule has 0 saturated heterocycles. The molecule has 0 atom stereocenters. The molecule has 1 aliphatic carbocycles. The van der Waals surface area contributed by atoms with Crippen molar-refractivity contribution in [3.05, 3.63) is 65.9 Å². The van der Waals surface area contributed by atoms with Gasteiger partial charge in [-0.25, -0.2) is 0 Å². The Hall–Kier alpha value is -2.54. The van der Waals surface area contributed by atoms with Gasteiger partial charge in [0, 0.05) is 18.0 Å². The Morgan fingerprint density at radius 1 is 1.17 bits per heavy atom. The second-order valence-corrected chi connectivity index (χ2v) is 9.65. The SMILES string of the molecule is CC(C)(C)N(Cc1ccccc1)C(=O)CSc1nnc(C2CC2)n1Cc1ccco1. The lowest BCUT2D eigenvalue weighted by molar-refractivity contribution is -0.133. The molecule has 1 fully saturated rings. The Morgan fingerprint density at radius 3 is 2.57 bits per heavy atom. The van der Waals surface area contributed by atoms with Crippen LogP contribution in [0.25, 0.3) is 0 Å². The molecule has 30 heavy (non-hydrogen) atoms. The number of rotatable bonds is 8. The van der Waals surface area contributed by atoms with Gasteiger partial charge in [0.05, 0.1) is 18.6 Å². The summed E-state index contributed by atoms with van der Waals surface area (Å²) in [5, 5.41) is 9.60. The first-order chi connectivity index (χ1) is 14.4. The first-order valence-electron chi connectivity index (χ1n) is 10.3. The fourth-order valence-electron chi connectivity index (χ4n) is 3.43. The van der Waals surface area contributed by atoms with Crippen LogP contribution in [0.15, 0.2) is 58.3 Å². The predicted molar refractivity (Wildman–Crippen MR) is 117 cm³/mol. The Labute approximate surface area is 181 Å². The molecule has 0 bridgehead atoms. The Bertz CT molecular complexity index is 973. The number of benzene rings is 1. The molecule has 0 radical (unpaired) electrons. The molecule has 158 valence electrons. The first kappa shape index (κ1) is 20.7. The van der Waals surface area contributed by atoms with Gasteiger partial charge < -0.3 is 9.32 Å². The molecule has 0 unspecified atom stereocenters. The topological polar surface area (TPSA) is 64.2 Å². The van der Waals surface area contributed by atoms with Gasteiger partial charge in [-0.1, -0.05) is 42.1 Å². The Balaban J connectivity index is 1.48. The highest BCUT2D eigenvalue weighted by atomic mass is 32.2. The van der Waals surface area contributed by atoms with Crippen molar-refractivity contribution < 1.29 is 9.21 Å². The highest BCUT2D eigenvalue weighted by Gasteiger charge is 2.31. The summed E-state index contributed by atoms with van der Waals surface area (Å²) in [6.45, 7) is 7.40. The lowest BCUT2D eigenvalue weighted by Crippen LogP contribution is -2.45. The van der Waals surface area contributed by atoms with Gasteiger partial charge in [-0.05, 0) is 51.3 Å². The van der Waals surface area contributed by atoms with Gasteiger partial charge in [-0.3, -0.25) is 9.36 Å².